The number of nitrogens with zero attached hydrogens (tertiary/aromatic N) is 3. The predicted molar refractivity (Wildman–Crippen MR) is 137 cm³/mol. The van der Waals surface area contributed by atoms with E-state index in [4.69, 9.17) is 0 Å². The molecule has 0 radical (unpaired) electrons. The molecule has 178 valence electrons. The van der Waals surface area contributed by atoms with Gasteiger partial charge in [0.2, 0.25) is 5.91 Å². The number of carbonyl (C=O) groups is 1. The van der Waals surface area contributed by atoms with Gasteiger partial charge in [-0.3, -0.25) is 4.79 Å². The maximum absolute atomic E-state index is 12.9. The molecule has 2 heterocycles. The Morgan fingerprint density at radius 3 is 2.35 bits per heavy atom. The van der Waals surface area contributed by atoms with Crippen LogP contribution in [0.5, 0.6) is 0 Å². The van der Waals surface area contributed by atoms with Crippen molar-refractivity contribution in [1.82, 2.24) is 19.7 Å². The van der Waals surface area contributed by atoms with E-state index in [1.54, 1.807) is 11.8 Å². The SMILES string of the molecule is C[C@@H](NC(=O)CSCc1cnn(-c2ccccc2)c1-n1cccc1)C12CC3CC(CC(C3)C1)C2. The van der Waals surface area contributed by atoms with Gasteiger partial charge in [0.1, 0.15) is 5.82 Å². The van der Waals surface area contributed by atoms with Crippen LogP contribution in [0.25, 0.3) is 11.5 Å². The van der Waals surface area contributed by atoms with Crippen molar-refractivity contribution < 1.29 is 4.79 Å². The lowest BCUT2D eigenvalue weighted by atomic mass is 9.48. The first-order valence-electron chi connectivity index (χ1n) is 12.7. The Bertz CT molecular complexity index is 1100. The van der Waals surface area contributed by atoms with Crippen LogP contribution in [0.4, 0.5) is 0 Å². The third kappa shape index (κ3) is 4.10. The van der Waals surface area contributed by atoms with Crippen molar-refractivity contribution in [3.63, 3.8) is 0 Å². The summed E-state index contributed by atoms with van der Waals surface area (Å²) in [6, 6.07) is 14.5. The number of nitrogens with one attached hydrogen (secondary N) is 1. The Balaban J connectivity index is 1.10. The summed E-state index contributed by atoms with van der Waals surface area (Å²) >= 11 is 1.67. The highest BCUT2D eigenvalue weighted by Gasteiger charge is 2.53. The van der Waals surface area contributed by atoms with E-state index in [1.165, 1.54) is 38.5 Å². The van der Waals surface area contributed by atoms with Gasteiger partial charge in [-0.1, -0.05) is 18.2 Å². The zero-order valence-corrected chi connectivity index (χ0v) is 20.7. The van der Waals surface area contributed by atoms with Crippen LogP contribution in [0.2, 0.25) is 0 Å². The maximum Gasteiger partial charge on any atom is 0.230 e. The average Bonchev–Trinajstić information content (AvgIpc) is 3.48. The molecule has 2 aromatic heterocycles. The average molecular weight is 475 g/mol. The summed E-state index contributed by atoms with van der Waals surface area (Å²) in [5.41, 5.74) is 2.52. The van der Waals surface area contributed by atoms with Crippen molar-refractivity contribution in [3.05, 3.63) is 66.6 Å². The van der Waals surface area contributed by atoms with E-state index in [0.717, 1.165) is 40.6 Å². The summed E-state index contributed by atoms with van der Waals surface area (Å²) in [7, 11) is 0. The fraction of sp³-hybridized carbons (Fsp3) is 0.500. The zero-order chi connectivity index (χ0) is 23.1. The number of amides is 1. The van der Waals surface area contributed by atoms with Gasteiger partial charge in [0.25, 0.3) is 0 Å². The van der Waals surface area contributed by atoms with Crippen molar-refractivity contribution in [2.24, 2.45) is 23.2 Å². The molecule has 7 rings (SSSR count). The summed E-state index contributed by atoms with van der Waals surface area (Å²) in [6.07, 6.45) is 14.3. The van der Waals surface area contributed by atoms with Gasteiger partial charge in [0.05, 0.1) is 17.6 Å². The Hall–Kier alpha value is -2.47. The van der Waals surface area contributed by atoms with E-state index in [-0.39, 0.29) is 11.9 Å². The Morgan fingerprint density at radius 2 is 1.71 bits per heavy atom. The predicted octanol–water partition coefficient (Wildman–Crippen LogP) is 5.62. The van der Waals surface area contributed by atoms with Crippen molar-refractivity contribution in [1.29, 1.82) is 0 Å². The second-order valence-electron chi connectivity index (χ2n) is 10.9. The molecule has 4 bridgehead atoms. The topological polar surface area (TPSA) is 51.9 Å². The molecule has 0 unspecified atom stereocenters. The molecule has 4 aliphatic carbocycles. The fourth-order valence-electron chi connectivity index (χ4n) is 7.38. The third-order valence-corrected chi connectivity index (χ3v) is 9.52. The lowest BCUT2D eigenvalue weighted by Crippen LogP contribution is -2.56. The number of thioether (sulfide) groups is 1. The molecule has 0 spiro atoms. The molecule has 1 amide bonds. The summed E-state index contributed by atoms with van der Waals surface area (Å²) < 4.78 is 4.08. The molecule has 6 heteroatoms. The molecule has 1 atom stereocenters. The summed E-state index contributed by atoms with van der Waals surface area (Å²) in [4.78, 5) is 12.9. The molecule has 4 saturated carbocycles. The molecular weight excluding hydrogens is 440 g/mol. The second-order valence-corrected chi connectivity index (χ2v) is 11.9. The Morgan fingerprint density at radius 1 is 1.06 bits per heavy atom. The Labute approximate surface area is 206 Å². The first-order valence-corrected chi connectivity index (χ1v) is 13.9. The summed E-state index contributed by atoms with van der Waals surface area (Å²) in [5, 5.41) is 8.09. The minimum absolute atomic E-state index is 0.172. The van der Waals surface area contributed by atoms with E-state index in [1.807, 2.05) is 53.6 Å². The lowest BCUT2D eigenvalue weighted by molar-refractivity contribution is -0.123. The van der Waals surface area contributed by atoms with Gasteiger partial charge in [-0.2, -0.15) is 5.10 Å². The highest BCUT2D eigenvalue weighted by molar-refractivity contribution is 7.99. The molecule has 0 saturated heterocycles. The van der Waals surface area contributed by atoms with Crippen LogP contribution in [0.1, 0.15) is 51.0 Å². The first kappa shape index (κ1) is 22.0. The molecule has 3 aromatic rings. The van der Waals surface area contributed by atoms with Crippen LogP contribution in [0.15, 0.2) is 61.1 Å². The number of carbonyl (C=O) groups excluding carboxylic acids is 1. The molecule has 4 aliphatic rings. The van der Waals surface area contributed by atoms with Crippen molar-refractivity contribution in [3.8, 4) is 11.5 Å². The highest BCUT2D eigenvalue weighted by Crippen LogP contribution is 2.61. The molecule has 4 fully saturated rings. The van der Waals surface area contributed by atoms with Crippen LogP contribution >= 0.6 is 11.8 Å². The minimum Gasteiger partial charge on any atom is -0.352 e. The van der Waals surface area contributed by atoms with Crippen molar-refractivity contribution in [2.45, 2.75) is 57.2 Å². The number of para-hydroxylation sites is 1. The van der Waals surface area contributed by atoms with Gasteiger partial charge in [0, 0.05) is 29.8 Å². The molecule has 1 aromatic carbocycles. The molecule has 0 aliphatic heterocycles. The fourth-order valence-corrected chi connectivity index (χ4v) is 8.18. The van der Waals surface area contributed by atoms with Gasteiger partial charge >= 0.3 is 0 Å². The summed E-state index contributed by atoms with van der Waals surface area (Å²) in [5.74, 6) is 5.17. The van der Waals surface area contributed by atoms with Crippen LogP contribution in [-0.4, -0.2) is 32.0 Å². The van der Waals surface area contributed by atoms with E-state index in [0.29, 0.717) is 11.2 Å². The van der Waals surface area contributed by atoms with Crippen molar-refractivity contribution in [2.75, 3.05) is 5.75 Å². The van der Waals surface area contributed by atoms with E-state index < -0.39 is 0 Å². The minimum atomic E-state index is 0.172. The highest BCUT2D eigenvalue weighted by atomic mass is 32.2. The van der Waals surface area contributed by atoms with Crippen LogP contribution < -0.4 is 5.32 Å². The third-order valence-electron chi connectivity index (χ3n) is 8.54. The van der Waals surface area contributed by atoms with Gasteiger partial charge < -0.3 is 9.88 Å². The number of hydrogen-bond acceptors (Lipinski definition) is 3. The van der Waals surface area contributed by atoms with Gasteiger partial charge in [0.15, 0.2) is 0 Å². The first-order chi connectivity index (χ1) is 16.6. The quantitative estimate of drug-likeness (QED) is 0.461. The van der Waals surface area contributed by atoms with Gasteiger partial charge in [-0.15, -0.1) is 11.8 Å². The van der Waals surface area contributed by atoms with Crippen LogP contribution in [0, 0.1) is 23.2 Å². The van der Waals surface area contributed by atoms with Crippen LogP contribution in [0.3, 0.4) is 0 Å². The second kappa shape index (κ2) is 8.95. The van der Waals surface area contributed by atoms with E-state index in [9.17, 15) is 4.79 Å². The number of aromatic nitrogens is 3. The Kier molecular flexibility index (Phi) is 5.80. The number of benzene rings is 1. The molecule has 5 nitrogen and oxygen atoms in total. The monoisotopic (exact) mass is 474 g/mol. The van der Waals surface area contributed by atoms with Gasteiger partial charge in [-0.05, 0) is 92.9 Å². The molecular formula is C28H34N4OS. The largest absolute Gasteiger partial charge is 0.352 e. The maximum atomic E-state index is 12.9. The van der Waals surface area contributed by atoms with Gasteiger partial charge in [-0.25, -0.2) is 4.68 Å². The lowest BCUT2D eigenvalue weighted by Gasteiger charge is -2.59. The molecule has 34 heavy (non-hydrogen) atoms. The van der Waals surface area contributed by atoms with Crippen LogP contribution in [-0.2, 0) is 10.5 Å². The van der Waals surface area contributed by atoms with E-state index >= 15 is 0 Å². The molecule has 1 N–H and O–H groups in total. The number of rotatable bonds is 8. The smallest absolute Gasteiger partial charge is 0.230 e. The number of hydrogen-bond donors (Lipinski definition) is 1. The standard InChI is InChI=1S/C28H34N4OS/c1-20(28-14-21-11-22(15-28)13-23(12-21)16-28)30-26(33)19-34-18-24-17-29-32(25-7-3-2-4-8-25)27(24)31-9-5-6-10-31/h2-10,17,20-23H,11-16,18-19H2,1H3,(H,30,33)/t20-,21?,22?,23?,28?/m1/s1. The zero-order valence-electron chi connectivity index (χ0n) is 19.9. The normalized spacial score (nSPS) is 28.2. The van der Waals surface area contributed by atoms with E-state index in [2.05, 4.69) is 34.0 Å². The summed E-state index contributed by atoms with van der Waals surface area (Å²) in [6.45, 7) is 2.27. The van der Waals surface area contributed by atoms with Crippen molar-refractivity contribution >= 4 is 17.7 Å².